The number of nitrogens with zero attached hydrogens (tertiary/aromatic N) is 3. The van der Waals surface area contributed by atoms with Crippen molar-refractivity contribution in [1.29, 1.82) is 0 Å². The number of fused-ring (bicyclic) bond motifs is 4. The summed E-state index contributed by atoms with van der Waals surface area (Å²) in [5.41, 5.74) is 1.56. The number of alkyl halides is 2. The highest BCUT2D eigenvalue weighted by atomic mass is 79.9. The van der Waals surface area contributed by atoms with Crippen molar-refractivity contribution in [2.75, 3.05) is 5.32 Å². The first-order valence-corrected chi connectivity index (χ1v) is 12.4. The van der Waals surface area contributed by atoms with E-state index in [9.17, 15) is 13.6 Å². The number of benzene rings is 1. The van der Waals surface area contributed by atoms with Crippen LogP contribution in [0.15, 0.2) is 40.0 Å². The molecule has 3 aliphatic carbocycles. The number of hydrogen-bond donors (Lipinski definition) is 1. The summed E-state index contributed by atoms with van der Waals surface area (Å²) >= 11 is 3.49. The van der Waals surface area contributed by atoms with Crippen LogP contribution in [0, 0.1) is 18.3 Å². The second kappa shape index (κ2) is 7.61. The summed E-state index contributed by atoms with van der Waals surface area (Å²) in [7, 11) is 0. The van der Waals surface area contributed by atoms with Crippen molar-refractivity contribution in [1.82, 2.24) is 14.5 Å². The zero-order chi connectivity index (χ0) is 23.7. The van der Waals surface area contributed by atoms with Gasteiger partial charge in [-0.25, -0.2) is 18.7 Å². The first-order valence-electron chi connectivity index (χ1n) is 11.6. The van der Waals surface area contributed by atoms with Gasteiger partial charge >= 0.3 is 0 Å². The van der Waals surface area contributed by atoms with Crippen molar-refractivity contribution in [2.24, 2.45) is 5.92 Å². The normalized spacial score (nSPS) is 25.3. The molecule has 5 nitrogen and oxygen atoms in total. The van der Waals surface area contributed by atoms with Crippen molar-refractivity contribution in [3.05, 3.63) is 62.2 Å². The molecule has 2 bridgehead atoms. The third-order valence-electron chi connectivity index (χ3n) is 8.03. The molecular formula is C26H23BrF2N4O. The molecule has 3 aliphatic rings. The van der Waals surface area contributed by atoms with Gasteiger partial charge < -0.3 is 9.88 Å². The Hall–Kier alpha value is -2.79. The van der Waals surface area contributed by atoms with Crippen LogP contribution in [-0.2, 0) is 17.9 Å². The summed E-state index contributed by atoms with van der Waals surface area (Å²) in [6.45, 7) is 0. The smallest absolute Gasteiger partial charge is 0.273 e. The van der Waals surface area contributed by atoms with E-state index < -0.39 is 12.0 Å². The topological polar surface area (TPSA) is 59.8 Å². The third-order valence-corrected chi connectivity index (χ3v) is 8.74. The second-order valence-electron chi connectivity index (χ2n) is 9.80. The van der Waals surface area contributed by atoms with Crippen molar-refractivity contribution >= 4 is 32.7 Å². The van der Waals surface area contributed by atoms with Gasteiger partial charge in [-0.1, -0.05) is 24.1 Å². The van der Waals surface area contributed by atoms with Gasteiger partial charge in [0.05, 0.1) is 10.9 Å². The maximum Gasteiger partial charge on any atom is 0.273 e. The molecule has 0 aliphatic heterocycles. The first-order chi connectivity index (χ1) is 16.3. The quantitative estimate of drug-likeness (QED) is 0.447. The van der Waals surface area contributed by atoms with Crippen molar-refractivity contribution in [3.8, 4) is 12.3 Å². The van der Waals surface area contributed by atoms with Crippen LogP contribution in [0.25, 0.3) is 10.9 Å². The molecule has 0 spiro atoms. The molecule has 8 heteroatoms. The molecule has 6 rings (SSSR count). The molecule has 3 aromatic rings. The van der Waals surface area contributed by atoms with E-state index in [4.69, 9.17) is 6.42 Å². The molecule has 0 saturated heterocycles. The van der Waals surface area contributed by atoms with E-state index >= 15 is 0 Å². The molecule has 0 radical (unpaired) electrons. The van der Waals surface area contributed by atoms with E-state index in [-0.39, 0.29) is 29.5 Å². The van der Waals surface area contributed by atoms with Gasteiger partial charge in [0, 0.05) is 23.7 Å². The fourth-order valence-electron chi connectivity index (χ4n) is 6.31. The van der Waals surface area contributed by atoms with Crippen LogP contribution in [-0.4, -0.2) is 14.5 Å². The van der Waals surface area contributed by atoms with Gasteiger partial charge in [-0.15, -0.1) is 6.42 Å². The SMILES string of the molecule is C#CC(Nc1ncnc2c(Br)c(=O)n(C34CCC(CC3)C4)cc12)c1cccc2c1CCC2(F)F. The maximum atomic E-state index is 14.3. The van der Waals surface area contributed by atoms with Gasteiger partial charge in [-0.2, -0.15) is 0 Å². The average molecular weight is 525 g/mol. The first kappa shape index (κ1) is 21.7. The van der Waals surface area contributed by atoms with Crippen LogP contribution < -0.4 is 10.9 Å². The third kappa shape index (κ3) is 3.13. The van der Waals surface area contributed by atoms with Crippen LogP contribution in [0.3, 0.4) is 0 Å². The molecule has 1 atom stereocenters. The highest BCUT2D eigenvalue weighted by Gasteiger charge is 2.47. The van der Waals surface area contributed by atoms with Crippen molar-refractivity contribution < 1.29 is 8.78 Å². The Balaban J connectivity index is 1.46. The molecule has 2 fully saturated rings. The monoisotopic (exact) mass is 524 g/mol. The maximum absolute atomic E-state index is 14.3. The number of hydrogen-bond acceptors (Lipinski definition) is 4. The summed E-state index contributed by atoms with van der Waals surface area (Å²) in [6, 6.07) is 4.25. The van der Waals surface area contributed by atoms with Crippen LogP contribution >= 0.6 is 15.9 Å². The Morgan fingerprint density at radius 3 is 2.74 bits per heavy atom. The lowest BCUT2D eigenvalue weighted by molar-refractivity contribution is -0.00184. The predicted octanol–water partition coefficient (Wildman–Crippen LogP) is 5.67. The lowest BCUT2D eigenvalue weighted by Gasteiger charge is -2.30. The minimum absolute atomic E-state index is 0.0484. The van der Waals surface area contributed by atoms with E-state index in [1.165, 1.54) is 12.4 Å². The van der Waals surface area contributed by atoms with Crippen molar-refractivity contribution in [3.63, 3.8) is 0 Å². The zero-order valence-corrected chi connectivity index (χ0v) is 20.0. The summed E-state index contributed by atoms with van der Waals surface area (Å²) in [5.74, 6) is 1.03. The van der Waals surface area contributed by atoms with E-state index in [0.29, 0.717) is 38.2 Å². The Kier molecular flexibility index (Phi) is 4.86. The molecule has 34 heavy (non-hydrogen) atoms. The number of halogens is 3. The predicted molar refractivity (Wildman–Crippen MR) is 130 cm³/mol. The lowest BCUT2D eigenvalue weighted by atomic mass is 9.93. The van der Waals surface area contributed by atoms with E-state index in [0.717, 1.165) is 32.1 Å². The lowest BCUT2D eigenvalue weighted by Crippen LogP contribution is -2.38. The van der Waals surface area contributed by atoms with Gasteiger partial charge in [0.2, 0.25) is 0 Å². The highest BCUT2D eigenvalue weighted by Crippen LogP contribution is 2.52. The van der Waals surface area contributed by atoms with Crippen LogP contribution in [0.2, 0.25) is 0 Å². The molecule has 2 saturated carbocycles. The number of rotatable bonds is 4. The van der Waals surface area contributed by atoms with Gasteiger partial charge in [-0.3, -0.25) is 4.79 Å². The average Bonchev–Trinajstić information content (AvgIpc) is 3.54. The van der Waals surface area contributed by atoms with Gasteiger partial charge in [0.15, 0.2) is 0 Å². The molecule has 1 aromatic carbocycles. The largest absolute Gasteiger partial charge is 0.352 e. The molecule has 2 heterocycles. The molecule has 174 valence electrons. The fourth-order valence-corrected chi connectivity index (χ4v) is 6.82. The van der Waals surface area contributed by atoms with Gasteiger partial charge in [0.25, 0.3) is 11.5 Å². The van der Waals surface area contributed by atoms with Crippen LogP contribution in [0.4, 0.5) is 14.6 Å². The Bertz CT molecular complexity index is 1420. The molecular weight excluding hydrogens is 502 g/mol. The van der Waals surface area contributed by atoms with E-state index in [1.54, 1.807) is 12.1 Å². The van der Waals surface area contributed by atoms with Crippen molar-refractivity contribution in [2.45, 2.75) is 62.4 Å². The van der Waals surface area contributed by atoms with Crippen LogP contribution in [0.5, 0.6) is 0 Å². The van der Waals surface area contributed by atoms with Gasteiger partial charge in [0.1, 0.15) is 22.7 Å². The molecule has 2 aromatic heterocycles. The van der Waals surface area contributed by atoms with Crippen LogP contribution in [0.1, 0.15) is 61.3 Å². The summed E-state index contributed by atoms with van der Waals surface area (Å²) < 4.78 is 30.9. The molecule has 0 amide bonds. The summed E-state index contributed by atoms with van der Waals surface area (Å²) in [5, 5.41) is 3.96. The number of terminal acetylenes is 1. The Labute approximate surface area is 204 Å². The molecule has 1 unspecified atom stereocenters. The van der Waals surface area contributed by atoms with Gasteiger partial charge in [-0.05, 0) is 71.5 Å². The number of pyridine rings is 1. The number of aromatic nitrogens is 3. The Morgan fingerprint density at radius 1 is 1.24 bits per heavy atom. The van der Waals surface area contributed by atoms with E-state index in [1.807, 2.05) is 10.8 Å². The number of nitrogens with one attached hydrogen (secondary N) is 1. The standard InChI is InChI=1S/C26H23BrF2N4O/c1-2-20(17-4-3-5-19-16(17)8-11-26(19,28)29)32-23-18-13-33(25-9-6-15(12-25)7-10-25)24(34)21(27)22(18)30-14-31-23/h1,3-5,13-15,20H,6-12H2,(H,30,31,32). The Morgan fingerprint density at radius 2 is 2.03 bits per heavy atom. The number of anilines is 1. The fraction of sp³-hybridized carbons (Fsp3) is 0.423. The summed E-state index contributed by atoms with van der Waals surface area (Å²) in [4.78, 5) is 22.1. The second-order valence-corrected chi connectivity index (χ2v) is 10.6. The van der Waals surface area contributed by atoms with E-state index in [2.05, 4.69) is 37.1 Å². The minimum atomic E-state index is -2.84. The highest BCUT2D eigenvalue weighted by molar-refractivity contribution is 9.10. The minimum Gasteiger partial charge on any atom is -0.352 e. The zero-order valence-electron chi connectivity index (χ0n) is 18.5. The summed E-state index contributed by atoms with van der Waals surface area (Å²) in [6.07, 6.45) is 14.5. The molecule has 1 N–H and O–H groups in total.